The van der Waals surface area contributed by atoms with Crippen LogP contribution in [0.3, 0.4) is 0 Å². The van der Waals surface area contributed by atoms with Crippen LogP contribution in [0, 0.1) is 0 Å². The summed E-state index contributed by atoms with van der Waals surface area (Å²) in [6.45, 7) is 4.71. The van der Waals surface area contributed by atoms with Gasteiger partial charge in [0.15, 0.2) is 0 Å². The molecule has 0 amide bonds. The van der Waals surface area contributed by atoms with Gasteiger partial charge in [-0.15, -0.1) is 0 Å². The first kappa shape index (κ1) is 22.8. The Morgan fingerprint density at radius 3 is 2.21 bits per heavy atom. The van der Waals surface area contributed by atoms with Gasteiger partial charge >= 0.3 is 0 Å². The van der Waals surface area contributed by atoms with Crippen molar-refractivity contribution in [3.8, 4) is 27.9 Å². The van der Waals surface area contributed by atoms with Crippen LogP contribution in [0.2, 0.25) is 0 Å². The maximum Gasteiger partial charge on any atom is 0.0551 e. The van der Waals surface area contributed by atoms with Crippen LogP contribution in [0.4, 0.5) is 0 Å². The summed E-state index contributed by atoms with van der Waals surface area (Å²) >= 11 is 3.80. The van der Waals surface area contributed by atoms with E-state index < -0.39 is 0 Å². The fourth-order valence-electron chi connectivity index (χ4n) is 6.71. The van der Waals surface area contributed by atoms with Crippen LogP contribution in [0.15, 0.2) is 126 Å². The van der Waals surface area contributed by atoms with E-state index in [9.17, 15) is 0 Å². The lowest BCUT2D eigenvalue weighted by atomic mass is 9.82. The first-order valence-corrected chi connectivity index (χ1v) is 14.3. The fraction of sp³-hybridized carbons (Fsp3) is 0.0811. The lowest BCUT2D eigenvalue weighted by Gasteiger charge is -2.22. The molecule has 0 saturated heterocycles. The van der Waals surface area contributed by atoms with Gasteiger partial charge in [0.2, 0.25) is 0 Å². The molecule has 2 heteroatoms. The van der Waals surface area contributed by atoms with Crippen molar-refractivity contribution in [3.05, 3.63) is 137 Å². The van der Waals surface area contributed by atoms with E-state index in [1.165, 1.54) is 71.6 Å². The molecule has 0 radical (unpaired) electrons. The van der Waals surface area contributed by atoms with Gasteiger partial charge in [-0.3, -0.25) is 0 Å². The second-order valence-electron chi connectivity index (χ2n) is 11.2. The number of aromatic nitrogens is 1. The van der Waals surface area contributed by atoms with Gasteiger partial charge in [0.05, 0.1) is 16.7 Å². The molecular weight excluding hydrogens is 538 g/mol. The third-order valence-electron chi connectivity index (χ3n) is 8.64. The van der Waals surface area contributed by atoms with Gasteiger partial charge in [-0.05, 0) is 75.0 Å². The van der Waals surface area contributed by atoms with Crippen molar-refractivity contribution in [3.63, 3.8) is 0 Å². The molecule has 1 aliphatic carbocycles. The van der Waals surface area contributed by atoms with E-state index in [4.69, 9.17) is 0 Å². The Balaban J connectivity index is 1.47. The number of para-hydroxylation sites is 1. The molecule has 1 nitrogen and oxygen atoms in total. The monoisotopic (exact) mass is 563 g/mol. The van der Waals surface area contributed by atoms with Crippen LogP contribution in [-0.2, 0) is 5.41 Å². The summed E-state index contributed by atoms with van der Waals surface area (Å²) in [7, 11) is 0. The average molecular weight is 565 g/mol. The Morgan fingerprint density at radius 1 is 0.538 bits per heavy atom. The van der Waals surface area contributed by atoms with Gasteiger partial charge in [0.1, 0.15) is 0 Å². The van der Waals surface area contributed by atoms with E-state index in [0.717, 1.165) is 4.47 Å². The molecule has 0 bridgehead atoms. The number of fused-ring (bicyclic) bond motifs is 7. The molecule has 1 aliphatic rings. The highest BCUT2D eigenvalue weighted by molar-refractivity contribution is 9.10. The predicted octanol–water partition coefficient (Wildman–Crippen LogP) is 10.7. The van der Waals surface area contributed by atoms with Crippen LogP contribution in [0.1, 0.15) is 25.0 Å². The summed E-state index contributed by atoms with van der Waals surface area (Å²) in [5.74, 6) is 0. The number of halogens is 1. The topological polar surface area (TPSA) is 4.93 Å². The molecule has 39 heavy (non-hydrogen) atoms. The molecule has 0 saturated carbocycles. The van der Waals surface area contributed by atoms with E-state index in [-0.39, 0.29) is 5.41 Å². The average Bonchev–Trinajstić information content (AvgIpc) is 3.40. The minimum atomic E-state index is -0.0557. The van der Waals surface area contributed by atoms with Gasteiger partial charge in [0.25, 0.3) is 0 Å². The number of nitrogens with zero attached hydrogens (tertiary/aromatic N) is 1. The van der Waals surface area contributed by atoms with Gasteiger partial charge in [-0.2, -0.15) is 0 Å². The molecule has 8 rings (SSSR count). The molecule has 0 fully saturated rings. The van der Waals surface area contributed by atoms with Gasteiger partial charge < -0.3 is 4.57 Å². The van der Waals surface area contributed by atoms with E-state index in [1.807, 2.05) is 0 Å². The third kappa shape index (κ3) is 3.25. The lowest BCUT2D eigenvalue weighted by molar-refractivity contribution is 0.661. The van der Waals surface area contributed by atoms with E-state index in [1.54, 1.807) is 0 Å². The van der Waals surface area contributed by atoms with Crippen LogP contribution in [-0.4, -0.2) is 4.57 Å². The van der Waals surface area contributed by atoms with Gasteiger partial charge in [-0.1, -0.05) is 115 Å². The van der Waals surface area contributed by atoms with Crippen molar-refractivity contribution in [1.82, 2.24) is 4.57 Å². The standard InChI is InChI=1S/C37H26BrN/c1-37(2)32-13-7-5-11-28(32)30-21-31-29-12-6-8-14-34(29)39(36(31)22-33(30)37)35-20-26(38)17-18-27(35)25-16-15-23-9-3-4-10-24(23)19-25/h3-22H,1-2H3. The number of hydrogen-bond donors (Lipinski definition) is 0. The van der Waals surface area contributed by atoms with E-state index >= 15 is 0 Å². The van der Waals surface area contributed by atoms with Crippen LogP contribution in [0.5, 0.6) is 0 Å². The highest BCUT2D eigenvalue weighted by Crippen LogP contribution is 2.51. The maximum absolute atomic E-state index is 3.80. The molecule has 1 heterocycles. The predicted molar refractivity (Wildman–Crippen MR) is 169 cm³/mol. The fourth-order valence-corrected chi connectivity index (χ4v) is 7.06. The van der Waals surface area contributed by atoms with E-state index in [0.29, 0.717) is 0 Å². The molecule has 1 aromatic heterocycles. The second-order valence-corrected chi connectivity index (χ2v) is 12.1. The Hall–Kier alpha value is -4.14. The van der Waals surface area contributed by atoms with Crippen LogP contribution >= 0.6 is 15.9 Å². The highest BCUT2D eigenvalue weighted by atomic mass is 79.9. The minimum absolute atomic E-state index is 0.0557. The van der Waals surface area contributed by atoms with E-state index in [2.05, 4.69) is 156 Å². The smallest absolute Gasteiger partial charge is 0.0551 e. The molecule has 0 spiro atoms. The molecular formula is C37H26BrN. The molecule has 7 aromatic rings. The van der Waals surface area contributed by atoms with Crippen molar-refractivity contribution in [2.24, 2.45) is 0 Å². The summed E-state index contributed by atoms with van der Waals surface area (Å²) in [5.41, 5.74) is 11.5. The Labute approximate surface area is 236 Å². The third-order valence-corrected chi connectivity index (χ3v) is 9.13. The quantitative estimate of drug-likeness (QED) is 0.197. The molecule has 0 atom stereocenters. The van der Waals surface area contributed by atoms with Crippen molar-refractivity contribution < 1.29 is 0 Å². The SMILES string of the molecule is CC1(C)c2ccccc2-c2cc3c4ccccc4n(-c4cc(Br)ccc4-c4ccc5ccccc5c4)c3cc21. The molecule has 186 valence electrons. The van der Waals surface area contributed by atoms with Crippen molar-refractivity contribution >= 4 is 48.5 Å². The summed E-state index contributed by atoms with van der Waals surface area (Å²) in [6.07, 6.45) is 0. The van der Waals surface area contributed by atoms with Gasteiger partial charge in [0, 0.05) is 26.2 Å². The van der Waals surface area contributed by atoms with Crippen LogP contribution in [0.25, 0.3) is 60.5 Å². The number of rotatable bonds is 2. The minimum Gasteiger partial charge on any atom is -0.309 e. The normalized spacial score (nSPS) is 13.7. The first-order valence-electron chi connectivity index (χ1n) is 13.5. The Morgan fingerprint density at radius 2 is 1.31 bits per heavy atom. The van der Waals surface area contributed by atoms with Crippen molar-refractivity contribution in [1.29, 1.82) is 0 Å². The zero-order valence-electron chi connectivity index (χ0n) is 21.9. The maximum atomic E-state index is 3.80. The number of hydrogen-bond acceptors (Lipinski definition) is 0. The van der Waals surface area contributed by atoms with Gasteiger partial charge in [-0.25, -0.2) is 0 Å². The van der Waals surface area contributed by atoms with Crippen molar-refractivity contribution in [2.45, 2.75) is 19.3 Å². The zero-order chi connectivity index (χ0) is 26.3. The summed E-state index contributed by atoms with van der Waals surface area (Å²) in [5, 5.41) is 5.08. The molecule has 0 N–H and O–H groups in total. The summed E-state index contributed by atoms with van der Waals surface area (Å²) in [4.78, 5) is 0. The summed E-state index contributed by atoms with van der Waals surface area (Å²) in [6, 6.07) is 44.7. The molecule has 6 aromatic carbocycles. The second kappa shape index (κ2) is 8.18. The highest BCUT2D eigenvalue weighted by Gasteiger charge is 2.36. The zero-order valence-corrected chi connectivity index (χ0v) is 23.5. The molecule has 0 unspecified atom stereocenters. The summed E-state index contributed by atoms with van der Waals surface area (Å²) < 4.78 is 3.54. The Kier molecular flexibility index (Phi) is 4.78. The number of benzene rings is 6. The Bertz CT molecular complexity index is 2110. The largest absolute Gasteiger partial charge is 0.309 e. The first-order chi connectivity index (χ1) is 19.0. The lowest BCUT2D eigenvalue weighted by Crippen LogP contribution is -2.15. The van der Waals surface area contributed by atoms with Crippen LogP contribution < -0.4 is 0 Å². The van der Waals surface area contributed by atoms with Crippen molar-refractivity contribution in [2.75, 3.05) is 0 Å². The molecule has 0 aliphatic heterocycles.